The average Bonchev–Trinajstić information content (AvgIpc) is 3.35. The van der Waals surface area contributed by atoms with Crippen molar-refractivity contribution in [2.75, 3.05) is 6.54 Å². The maximum atomic E-state index is 12.3. The third-order valence-corrected chi connectivity index (χ3v) is 5.41. The topological polar surface area (TPSA) is 49.0 Å². The Hall–Kier alpha value is -1.94. The molecule has 1 fully saturated rings. The highest BCUT2D eigenvalue weighted by molar-refractivity contribution is 5.33. The van der Waals surface area contributed by atoms with Gasteiger partial charge in [-0.2, -0.15) is 0 Å². The smallest absolute Gasteiger partial charge is 0.254 e. The molecule has 1 aliphatic heterocycles. The van der Waals surface area contributed by atoms with Crippen molar-refractivity contribution in [3.63, 3.8) is 0 Å². The quantitative estimate of drug-likeness (QED) is 0.941. The van der Waals surface area contributed by atoms with Crippen molar-refractivity contribution in [2.24, 2.45) is 5.92 Å². The minimum atomic E-state index is 0.0855. The number of nitrogens with zero attached hydrogens (tertiary/aromatic N) is 2. The van der Waals surface area contributed by atoms with Crippen molar-refractivity contribution in [3.05, 3.63) is 62.3 Å². The molecular formula is C20H25N3O. The van der Waals surface area contributed by atoms with Gasteiger partial charge in [0.1, 0.15) is 5.82 Å². The molecule has 2 heterocycles. The number of H-pyrrole nitrogens is 1. The van der Waals surface area contributed by atoms with Crippen molar-refractivity contribution in [2.45, 2.75) is 52.6 Å². The summed E-state index contributed by atoms with van der Waals surface area (Å²) in [6.45, 7) is 7.00. The molecule has 4 rings (SSSR count). The van der Waals surface area contributed by atoms with E-state index in [0.29, 0.717) is 0 Å². The zero-order valence-corrected chi connectivity index (χ0v) is 14.6. The Kier molecular flexibility index (Phi) is 4.01. The molecule has 0 amide bonds. The van der Waals surface area contributed by atoms with Crippen LogP contribution in [0.15, 0.2) is 23.0 Å². The van der Waals surface area contributed by atoms with Gasteiger partial charge in [-0.25, -0.2) is 4.98 Å². The van der Waals surface area contributed by atoms with Crippen molar-refractivity contribution in [1.82, 2.24) is 14.9 Å². The van der Waals surface area contributed by atoms with Gasteiger partial charge < -0.3 is 4.98 Å². The standard InChI is InChI=1S/C20H25N3O/c1-13-4-3-5-14(2)17(13)11-23-9-8-16-18(12-23)21-19(22-20(16)24)10-15-6-7-15/h3-5,15H,6-12H2,1-2H3,(H,21,22,24). The third kappa shape index (κ3) is 3.16. The highest BCUT2D eigenvalue weighted by atomic mass is 16.1. The van der Waals surface area contributed by atoms with Gasteiger partial charge in [-0.05, 0) is 55.7 Å². The number of nitrogens with one attached hydrogen (secondary N) is 1. The minimum Gasteiger partial charge on any atom is -0.310 e. The van der Waals surface area contributed by atoms with Gasteiger partial charge in [0.15, 0.2) is 0 Å². The second-order valence-electron chi connectivity index (χ2n) is 7.42. The fourth-order valence-corrected chi connectivity index (χ4v) is 3.69. The molecule has 1 aromatic heterocycles. The zero-order chi connectivity index (χ0) is 16.7. The Labute approximate surface area is 142 Å². The summed E-state index contributed by atoms with van der Waals surface area (Å²) >= 11 is 0. The van der Waals surface area contributed by atoms with Crippen molar-refractivity contribution in [1.29, 1.82) is 0 Å². The van der Waals surface area contributed by atoms with Crippen LogP contribution in [-0.4, -0.2) is 21.4 Å². The van der Waals surface area contributed by atoms with Crippen LogP contribution in [0.2, 0.25) is 0 Å². The van der Waals surface area contributed by atoms with Gasteiger partial charge in [-0.1, -0.05) is 18.2 Å². The number of aryl methyl sites for hydroxylation is 2. The molecule has 1 saturated carbocycles. The minimum absolute atomic E-state index is 0.0855. The van der Waals surface area contributed by atoms with E-state index in [0.717, 1.165) is 55.5 Å². The van der Waals surface area contributed by atoms with Crippen LogP contribution in [0.3, 0.4) is 0 Å². The lowest BCUT2D eigenvalue weighted by Gasteiger charge is -2.28. The van der Waals surface area contributed by atoms with E-state index in [2.05, 4.69) is 41.9 Å². The first-order chi connectivity index (χ1) is 11.6. The number of benzene rings is 1. The van der Waals surface area contributed by atoms with Gasteiger partial charge in [0.25, 0.3) is 5.56 Å². The summed E-state index contributed by atoms with van der Waals surface area (Å²) in [5.74, 6) is 1.62. The summed E-state index contributed by atoms with van der Waals surface area (Å²) in [6.07, 6.45) is 4.28. The SMILES string of the molecule is Cc1cccc(C)c1CN1CCc2c(nc(CC3CC3)[nH]c2=O)C1. The molecule has 4 nitrogen and oxygen atoms in total. The van der Waals surface area contributed by atoms with Gasteiger partial charge in [0.2, 0.25) is 0 Å². The number of fused-ring (bicyclic) bond motifs is 1. The number of aromatic nitrogens is 2. The molecule has 0 bridgehead atoms. The summed E-state index contributed by atoms with van der Waals surface area (Å²) in [5, 5.41) is 0. The van der Waals surface area contributed by atoms with Crippen molar-refractivity contribution < 1.29 is 0 Å². The molecule has 0 radical (unpaired) electrons. The monoisotopic (exact) mass is 323 g/mol. The summed E-state index contributed by atoms with van der Waals surface area (Å²) in [5.41, 5.74) is 6.06. The first-order valence-corrected chi connectivity index (χ1v) is 8.98. The summed E-state index contributed by atoms with van der Waals surface area (Å²) in [6, 6.07) is 6.47. The van der Waals surface area contributed by atoms with Gasteiger partial charge in [0.05, 0.1) is 5.69 Å². The Morgan fingerprint density at radius 1 is 1.25 bits per heavy atom. The van der Waals surface area contributed by atoms with Crippen LogP contribution in [0, 0.1) is 19.8 Å². The van der Waals surface area contributed by atoms with E-state index in [9.17, 15) is 4.79 Å². The fraction of sp³-hybridized carbons (Fsp3) is 0.500. The van der Waals surface area contributed by atoms with E-state index in [1.54, 1.807) is 0 Å². The molecule has 0 saturated heterocycles. The van der Waals surface area contributed by atoms with E-state index in [1.807, 2.05) is 0 Å². The fourth-order valence-electron chi connectivity index (χ4n) is 3.69. The van der Waals surface area contributed by atoms with Crippen LogP contribution < -0.4 is 5.56 Å². The van der Waals surface area contributed by atoms with Gasteiger partial charge in [-0.3, -0.25) is 9.69 Å². The van der Waals surface area contributed by atoms with Crippen LogP contribution in [0.1, 0.15) is 46.6 Å². The van der Waals surface area contributed by atoms with Crippen molar-refractivity contribution in [3.8, 4) is 0 Å². The molecular weight excluding hydrogens is 298 g/mol. The first kappa shape index (κ1) is 15.6. The summed E-state index contributed by atoms with van der Waals surface area (Å²) < 4.78 is 0. The van der Waals surface area contributed by atoms with Crippen LogP contribution in [0.5, 0.6) is 0 Å². The Morgan fingerprint density at radius 2 is 2.00 bits per heavy atom. The van der Waals surface area contributed by atoms with Gasteiger partial charge in [0, 0.05) is 31.6 Å². The first-order valence-electron chi connectivity index (χ1n) is 8.98. The highest BCUT2D eigenvalue weighted by Crippen LogP contribution is 2.31. The molecule has 1 aliphatic carbocycles. The molecule has 2 aromatic rings. The normalized spacial score (nSPS) is 17.8. The predicted octanol–water partition coefficient (Wildman–Crippen LogP) is 2.90. The summed E-state index contributed by atoms with van der Waals surface area (Å²) in [4.78, 5) is 22.6. The molecule has 126 valence electrons. The molecule has 0 atom stereocenters. The Balaban J connectivity index is 1.56. The van der Waals surface area contributed by atoms with E-state index in [-0.39, 0.29) is 5.56 Å². The Bertz CT molecular complexity index is 800. The lowest BCUT2D eigenvalue weighted by atomic mass is 10.0. The molecule has 4 heteroatoms. The number of rotatable bonds is 4. The van der Waals surface area contributed by atoms with Crippen LogP contribution in [0.25, 0.3) is 0 Å². The molecule has 0 spiro atoms. The van der Waals surface area contributed by atoms with Crippen molar-refractivity contribution >= 4 is 0 Å². The van der Waals surface area contributed by atoms with Gasteiger partial charge >= 0.3 is 0 Å². The molecule has 1 aromatic carbocycles. The number of aromatic amines is 1. The third-order valence-electron chi connectivity index (χ3n) is 5.41. The van der Waals surface area contributed by atoms with Gasteiger partial charge in [-0.15, -0.1) is 0 Å². The van der Waals surface area contributed by atoms with E-state index in [4.69, 9.17) is 4.98 Å². The number of hydrogen-bond donors (Lipinski definition) is 1. The lowest BCUT2D eigenvalue weighted by Crippen LogP contribution is -2.35. The zero-order valence-electron chi connectivity index (χ0n) is 14.6. The number of hydrogen-bond acceptors (Lipinski definition) is 3. The van der Waals surface area contributed by atoms with Crippen LogP contribution in [0.4, 0.5) is 0 Å². The molecule has 24 heavy (non-hydrogen) atoms. The predicted molar refractivity (Wildman–Crippen MR) is 95.0 cm³/mol. The lowest BCUT2D eigenvalue weighted by molar-refractivity contribution is 0.239. The largest absolute Gasteiger partial charge is 0.310 e. The van der Waals surface area contributed by atoms with E-state index in [1.165, 1.54) is 29.5 Å². The maximum Gasteiger partial charge on any atom is 0.254 e. The summed E-state index contributed by atoms with van der Waals surface area (Å²) in [7, 11) is 0. The maximum absolute atomic E-state index is 12.3. The Morgan fingerprint density at radius 3 is 2.71 bits per heavy atom. The molecule has 1 N–H and O–H groups in total. The average molecular weight is 323 g/mol. The highest BCUT2D eigenvalue weighted by Gasteiger charge is 2.25. The molecule has 0 unspecified atom stereocenters. The second kappa shape index (κ2) is 6.17. The van der Waals surface area contributed by atoms with E-state index < -0.39 is 0 Å². The van der Waals surface area contributed by atoms with E-state index >= 15 is 0 Å². The van der Waals surface area contributed by atoms with Crippen LogP contribution in [-0.2, 0) is 25.9 Å². The van der Waals surface area contributed by atoms with Crippen LogP contribution >= 0.6 is 0 Å². The second-order valence-corrected chi connectivity index (χ2v) is 7.42. The molecule has 2 aliphatic rings.